The van der Waals surface area contributed by atoms with Crippen LogP contribution in [0.25, 0.3) is 5.70 Å². The van der Waals surface area contributed by atoms with Crippen LogP contribution in [-0.2, 0) is 0 Å². The van der Waals surface area contributed by atoms with Gasteiger partial charge >= 0.3 is 0 Å². The van der Waals surface area contributed by atoms with Gasteiger partial charge in [-0.2, -0.15) is 0 Å². The van der Waals surface area contributed by atoms with E-state index >= 15 is 0 Å². The lowest BCUT2D eigenvalue weighted by molar-refractivity contribution is 1.17. The molecule has 1 aromatic rings. The first kappa shape index (κ1) is 6.61. The maximum atomic E-state index is 5.81. The lowest BCUT2D eigenvalue weighted by Gasteiger charge is -2.16. The van der Waals surface area contributed by atoms with Gasteiger partial charge in [-0.15, -0.1) is 0 Å². The molecule has 1 unspecified atom stereocenters. The van der Waals surface area contributed by atoms with E-state index in [1.54, 1.807) is 6.08 Å². The first-order valence-electron chi connectivity index (χ1n) is 3.33. The van der Waals surface area contributed by atoms with Crippen LogP contribution in [0.5, 0.6) is 0 Å². The summed E-state index contributed by atoms with van der Waals surface area (Å²) in [6, 6.07) is 1.91. The van der Waals surface area contributed by atoms with Crippen LogP contribution < -0.4 is 11.1 Å². The average Bonchev–Trinajstić information content (AvgIpc) is 2.34. The van der Waals surface area contributed by atoms with Gasteiger partial charge in [0.25, 0.3) is 0 Å². The van der Waals surface area contributed by atoms with Gasteiger partial charge in [-0.3, -0.25) is 0 Å². The van der Waals surface area contributed by atoms with Crippen LogP contribution in [0.15, 0.2) is 18.3 Å². The first-order valence-corrected chi connectivity index (χ1v) is 3.76. The molecule has 3 nitrogen and oxygen atoms in total. The number of hydrogen-bond donors (Lipinski definition) is 3. The number of nitrogens with one attached hydrogen (secondary N) is 2. The lowest BCUT2D eigenvalue weighted by atomic mass is 10.2. The summed E-state index contributed by atoms with van der Waals surface area (Å²) in [4.78, 5) is 3.01. The van der Waals surface area contributed by atoms with Crippen molar-refractivity contribution in [1.29, 1.82) is 0 Å². The van der Waals surface area contributed by atoms with Gasteiger partial charge in [-0.05, 0) is 12.1 Å². The van der Waals surface area contributed by atoms with Crippen molar-refractivity contribution in [3.05, 3.63) is 24.0 Å². The zero-order chi connectivity index (χ0) is 7.84. The van der Waals surface area contributed by atoms with Crippen LogP contribution in [0.2, 0.25) is 0 Å². The number of anilines is 1. The Bertz CT molecular complexity index is 302. The van der Waals surface area contributed by atoms with E-state index in [1.807, 2.05) is 12.3 Å². The predicted octanol–water partition coefficient (Wildman–Crippen LogP) is 1.30. The van der Waals surface area contributed by atoms with Crippen LogP contribution in [-0.4, -0.2) is 10.5 Å². The van der Waals surface area contributed by atoms with Gasteiger partial charge in [0.15, 0.2) is 0 Å². The van der Waals surface area contributed by atoms with E-state index in [9.17, 15) is 0 Å². The molecule has 1 aromatic heterocycles. The predicted molar refractivity (Wildman–Crippen MR) is 46.2 cm³/mol. The highest BCUT2D eigenvalue weighted by molar-refractivity contribution is 6.23. The number of halogens is 1. The monoisotopic (exact) mass is 169 g/mol. The van der Waals surface area contributed by atoms with E-state index < -0.39 is 0 Å². The van der Waals surface area contributed by atoms with Crippen LogP contribution in [0, 0.1) is 0 Å². The van der Waals surface area contributed by atoms with Crippen molar-refractivity contribution in [2.75, 3.05) is 5.32 Å². The first-order chi connectivity index (χ1) is 5.27. The van der Waals surface area contributed by atoms with Gasteiger partial charge in [-0.25, -0.2) is 0 Å². The third-order valence-corrected chi connectivity index (χ3v) is 1.89. The highest BCUT2D eigenvalue weighted by Crippen LogP contribution is 2.25. The maximum absolute atomic E-state index is 5.81. The SMILES string of the molecule is NC1=CC(Cl)Nc2cc[nH]c21. The molecule has 0 saturated carbocycles. The van der Waals surface area contributed by atoms with E-state index in [4.69, 9.17) is 17.3 Å². The van der Waals surface area contributed by atoms with Crippen molar-refractivity contribution in [1.82, 2.24) is 4.98 Å². The number of fused-ring (bicyclic) bond motifs is 1. The molecule has 0 fully saturated rings. The van der Waals surface area contributed by atoms with E-state index in [0.717, 1.165) is 11.4 Å². The lowest BCUT2D eigenvalue weighted by Crippen LogP contribution is -2.17. The van der Waals surface area contributed by atoms with Gasteiger partial charge in [0.1, 0.15) is 5.50 Å². The molecule has 0 bridgehead atoms. The second-order valence-corrected chi connectivity index (χ2v) is 2.90. The minimum absolute atomic E-state index is 0.196. The van der Waals surface area contributed by atoms with Crippen molar-refractivity contribution in [2.24, 2.45) is 5.73 Å². The molecule has 0 spiro atoms. The molecule has 4 N–H and O–H groups in total. The number of nitrogens with two attached hydrogens (primary N) is 1. The van der Waals surface area contributed by atoms with Gasteiger partial charge in [0, 0.05) is 6.20 Å². The molecule has 0 aliphatic carbocycles. The summed E-state index contributed by atoms with van der Waals surface area (Å²) in [5.41, 5.74) is 8.07. The number of aromatic amines is 1. The zero-order valence-corrected chi connectivity index (χ0v) is 6.52. The molecule has 0 radical (unpaired) electrons. The Kier molecular flexibility index (Phi) is 1.32. The third-order valence-electron chi connectivity index (χ3n) is 1.65. The molecule has 0 amide bonds. The molecule has 2 heterocycles. The number of aromatic nitrogens is 1. The summed E-state index contributed by atoms with van der Waals surface area (Å²) >= 11 is 5.81. The largest absolute Gasteiger partial charge is 0.397 e. The molecule has 1 aliphatic rings. The molecule has 58 valence electrons. The summed E-state index contributed by atoms with van der Waals surface area (Å²) in [6.45, 7) is 0. The van der Waals surface area contributed by atoms with E-state index in [0.29, 0.717) is 5.70 Å². The number of hydrogen-bond acceptors (Lipinski definition) is 2. The van der Waals surface area contributed by atoms with E-state index in [1.165, 1.54) is 0 Å². The number of alkyl halides is 1. The Balaban J connectivity index is 2.50. The fraction of sp³-hybridized carbons (Fsp3) is 0.143. The Morgan fingerprint density at radius 3 is 3.18 bits per heavy atom. The average molecular weight is 170 g/mol. The second kappa shape index (κ2) is 2.20. The highest BCUT2D eigenvalue weighted by atomic mass is 35.5. The molecule has 0 saturated heterocycles. The van der Waals surface area contributed by atoms with Crippen LogP contribution in [0.4, 0.5) is 5.69 Å². The van der Waals surface area contributed by atoms with Gasteiger partial charge in [0.2, 0.25) is 0 Å². The van der Waals surface area contributed by atoms with Crippen molar-refractivity contribution in [2.45, 2.75) is 5.50 Å². The van der Waals surface area contributed by atoms with E-state index in [2.05, 4.69) is 10.3 Å². The highest BCUT2D eigenvalue weighted by Gasteiger charge is 2.14. The summed E-state index contributed by atoms with van der Waals surface area (Å²) < 4.78 is 0. The van der Waals surface area contributed by atoms with Crippen LogP contribution in [0.1, 0.15) is 5.69 Å². The van der Waals surface area contributed by atoms with Crippen LogP contribution >= 0.6 is 11.6 Å². The van der Waals surface area contributed by atoms with Crippen molar-refractivity contribution in [3.63, 3.8) is 0 Å². The molecule has 0 aromatic carbocycles. The fourth-order valence-electron chi connectivity index (χ4n) is 1.16. The van der Waals surface area contributed by atoms with Crippen molar-refractivity contribution >= 4 is 23.0 Å². The topological polar surface area (TPSA) is 53.8 Å². The number of H-pyrrole nitrogens is 1. The molecule has 1 aliphatic heterocycles. The van der Waals surface area contributed by atoms with Gasteiger partial charge in [0.05, 0.1) is 17.1 Å². The van der Waals surface area contributed by atoms with Crippen molar-refractivity contribution < 1.29 is 0 Å². The fourth-order valence-corrected chi connectivity index (χ4v) is 1.41. The molecular weight excluding hydrogens is 162 g/mol. The minimum Gasteiger partial charge on any atom is -0.397 e. The van der Waals surface area contributed by atoms with Gasteiger partial charge < -0.3 is 16.0 Å². The Labute approximate surface area is 69.2 Å². The third kappa shape index (κ3) is 0.973. The molecule has 4 heteroatoms. The van der Waals surface area contributed by atoms with Crippen molar-refractivity contribution in [3.8, 4) is 0 Å². The van der Waals surface area contributed by atoms with E-state index in [-0.39, 0.29) is 5.50 Å². The quantitative estimate of drug-likeness (QED) is 0.405. The smallest absolute Gasteiger partial charge is 0.122 e. The Morgan fingerprint density at radius 2 is 2.36 bits per heavy atom. The standard InChI is InChI=1S/C7H8ClN3/c8-6-3-4(9)7-5(11-6)1-2-10-7/h1-3,6,10-11H,9H2. The summed E-state index contributed by atoms with van der Waals surface area (Å²) in [5, 5.41) is 3.05. The number of rotatable bonds is 0. The summed E-state index contributed by atoms with van der Waals surface area (Å²) in [6.07, 6.45) is 3.59. The van der Waals surface area contributed by atoms with Crippen LogP contribution in [0.3, 0.4) is 0 Å². The molecule has 2 rings (SSSR count). The normalized spacial score (nSPS) is 21.9. The Hall–Kier alpha value is -1.09. The maximum Gasteiger partial charge on any atom is 0.122 e. The molecule has 11 heavy (non-hydrogen) atoms. The summed E-state index contributed by atoms with van der Waals surface area (Å²) in [5.74, 6) is 0. The van der Waals surface area contributed by atoms with Gasteiger partial charge in [-0.1, -0.05) is 11.6 Å². The molecule has 1 atom stereocenters. The molecular formula is C7H8ClN3. The zero-order valence-electron chi connectivity index (χ0n) is 5.76. The Morgan fingerprint density at radius 1 is 1.55 bits per heavy atom. The summed E-state index contributed by atoms with van der Waals surface area (Å²) in [7, 11) is 0. The second-order valence-electron chi connectivity index (χ2n) is 2.43. The minimum atomic E-state index is -0.196.